The summed E-state index contributed by atoms with van der Waals surface area (Å²) < 4.78 is 0. The molecule has 3 nitrogen and oxygen atoms in total. The van der Waals surface area contributed by atoms with E-state index in [2.05, 4.69) is 18.3 Å². The number of aryl methyl sites for hydroxylation is 2. The zero-order chi connectivity index (χ0) is 13.8. The number of hydrogen-bond donors (Lipinski definition) is 2. The molecule has 19 heavy (non-hydrogen) atoms. The van der Waals surface area contributed by atoms with Crippen molar-refractivity contribution in [3.63, 3.8) is 0 Å². The van der Waals surface area contributed by atoms with Gasteiger partial charge >= 0.3 is 0 Å². The fourth-order valence-electron chi connectivity index (χ4n) is 2.80. The van der Waals surface area contributed by atoms with Gasteiger partial charge in [-0.15, -0.1) is 0 Å². The minimum atomic E-state index is 0.100. The molecule has 1 aliphatic rings. The molecule has 0 bridgehead atoms. The molecule has 1 saturated carbocycles. The molecule has 0 radical (unpaired) electrons. The third-order valence-corrected chi connectivity index (χ3v) is 4.12. The zero-order valence-electron chi connectivity index (χ0n) is 11.8. The molecule has 1 fully saturated rings. The van der Waals surface area contributed by atoms with Crippen molar-refractivity contribution in [1.82, 2.24) is 0 Å². The second-order valence-corrected chi connectivity index (χ2v) is 5.71. The number of nitrogens with one attached hydrogen (secondary N) is 1. The molecular formula is C16H23NO2. The molecule has 3 heteroatoms. The van der Waals surface area contributed by atoms with Gasteiger partial charge in [0.05, 0.1) is 0 Å². The number of carbonyl (C=O) groups is 1. The molecule has 0 unspecified atom stereocenters. The van der Waals surface area contributed by atoms with Crippen LogP contribution in [0.4, 0.5) is 5.69 Å². The van der Waals surface area contributed by atoms with Crippen LogP contribution in [-0.2, 0) is 4.79 Å². The van der Waals surface area contributed by atoms with Crippen molar-refractivity contribution >= 4 is 11.6 Å². The van der Waals surface area contributed by atoms with Gasteiger partial charge in [0, 0.05) is 18.2 Å². The van der Waals surface area contributed by atoms with E-state index in [1.165, 1.54) is 5.56 Å². The maximum absolute atomic E-state index is 12.2. The van der Waals surface area contributed by atoms with Crippen molar-refractivity contribution in [2.24, 2.45) is 11.8 Å². The summed E-state index contributed by atoms with van der Waals surface area (Å²) in [4.78, 5) is 12.2. The molecule has 1 aliphatic carbocycles. The number of aliphatic hydroxyl groups is 1. The highest BCUT2D eigenvalue weighted by molar-refractivity contribution is 5.93. The van der Waals surface area contributed by atoms with Crippen molar-refractivity contribution in [2.75, 3.05) is 11.9 Å². The molecule has 0 heterocycles. The molecule has 2 rings (SSSR count). The average molecular weight is 261 g/mol. The number of benzene rings is 1. The lowest BCUT2D eigenvalue weighted by Gasteiger charge is -2.26. The fraction of sp³-hybridized carbons (Fsp3) is 0.562. The van der Waals surface area contributed by atoms with Crippen LogP contribution in [0.3, 0.4) is 0 Å². The lowest BCUT2D eigenvalue weighted by Crippen LogP contribution is -2.28. The van der Waals surface area contributed by atoms with Crippen molar-refractivity contribution in [3.05, 3.63) is 29.3 Å². The SMILES string of the molecule is Cc1ccc(NC(=O)C2CCC(CO)CC2)c(C)c1. The van der Waals surface area contributed by atoms with E-state index in [0.29, 0.717) is 5.92 Å². The highest BCUT2D eigenvalue weighted by atomic mass is 16.3. The van der Waals surface area contributed by atoms with E-state index in [-0.39, 0.29) is 18.4 Å². The Labute approximate surface area is 115 Å². The smallest absolute Gasteiger partial charge is 0.227 e. The molecule has 0 atom stereocenters. The van der Waals surface area contributed by atoms with Gasteiger partial charge in [-0.05, 0) is 57.1 Å². The van der Waals surface area contributed by atoms with Crippen LogP contribution < -0.4 is 5.32 Å². The molecule has 104 valence electrons. The number of amides is 1. The monoisotopic (exact) mass is 261 g/mol. The average Bonchev–Trinajstić information content (AvgIpc) is 2.42. The van der Waals surface area contributed by atoms with Gasteiger partial charge in [-0.2, -0.15) is 0 Å². The second-order valence-electron chi connectivity index (χ2n) is 5.71. The second kappa shape index (κ2) is 6.20. The first-order valence-corrected chi connectivity index (χ1v) is 7.09. The maximum Gasteiger partial charge on any atom is 0.227 e. The summed E-state index contributed by atoms with van der Waals surface area (Å²) in [7, 11) is 0. The van der Waals surface area contributed by atoms with Crippen molar-refractivity contribution in [3.8, 4) is 0 Å². The van der Waals surface area contributed by atoms with Gasteiger partial charge in [0.15, 0.2) is 0 Å². The Morgan fingerprint density at radius 1 is 1.26 bits per heavy atom. The van der Waals surface area contributed by atoms with Crippen LogP contribution >= 0.6 is 0 Å². The van der Waals surface area contributed by atoms with E-state index in [4.69, 9.17) is 5.11 Å². The summed E-state index contributed by atoms with van der Waals surface area (Å²) in [5.41, 5.74) is 3.23. The Hall–Kier alpha value is -1.35. The lowest BCUT2D eigenvalue weighted by molar-refractivity contribution is -0.121. The topological polar surface area (TPSA) is 49.3 Å². The van der Waals surface area contributed by atoms with Gasteiger partial charge in [-0.1, -0.05) is 17.7 Å². The molecule has 0 saturated heterocycles. The molecule has 2 N–H and O–H groups in total. The van der Waals surface area contributed by atoms with Gasteiger partial charge in [0.1, 0.15) is 0 Å². The summed E-state index contributed by atoms with van der Waals surface area (Å²) in [5, 5.41) is 12.2. The molecule has 1 aromatic rings. The first-order valence-electron chi connectivity index (χ1n) is 7.09. The zero-order valence-corrected chi connectivity index (χ0v) is 11.8. The summed E-state index contributed by atoms with van der Waals surface area (Å²) in [5.74, 6) is 0.622. The van der Waals surface area contributed by atoms with Crippen LogP contribution in [0.1, 0.15) is 36.8 Å². The third-order valence-electron chi connectivity index (χ3n) is 4.12. The summed E-state index contributed by atoms with van der Waals surface area (Å²) in [6.45, 7) is 4.32. The predicted molar refractivity (Wildman–Crippen MR) is 77.1 cm³/mol. The summed E-state index contributed by atoms with van der Waals surface area (Å²) in [6, 6.07) is 6.07. The van der Waals surface area contributed by atoms with Crippen LogP contribution in [0, 0.1) is 25.7 Å². The van der Waals surface area contributed by atoms with Gasteiger partial charge in [0.25, 0.3) is 0 Å². The number of anilines is 1. The van der Waals surface area contributed by atoms with E-state index in [9.17, 15) is 4.79 Å². The minimum Gasteiger partial charge on any atom is -0.396 e. The van der Waals surface area contributed by atoms with Crippen molar-refractivity contribution in [1.29, 1.82) is 0 Å². The minimum absolute atomic E-state index is 0.100. The predicted octanol–water partition coefficient (Wildman–Crippen LogP) is 3.04. The quantitative estimate of drug-likeness (QED) is 0.878. The normalized spacial score (nSPS) is 23.1. The Bertz CT molecular complexity index is 448. The largest absolute Gasteiger partial charge is 0.396 e. The highest BCUT2D eigenvalue weighted by Gasteiger charge is 2.26. The number of aliphatic hydroxyl groups excluding tert-OH is 1. The van der Waals surface area contributed by atoms with Crippen LogP contribution in [0.15, 0.2) is 18.2 Å². The van der Waals surface area contributed by atoms with Crippen LogP contribution in [0.5, 0.6) is 0 Å². The Morgan fingerprint density at radius 2 is 1.95 bits per heavy atom. The van der Waals surface area contributed by atoms with E-state index in [1.807, 2.05) is 19.1 Å². The van der Waals surface area contributed by atoms with Crippen LogP contribution in [0.25, 0.3) is 0 Å². The van der Waals surface area contributed by atoms with Crippen molar-refractivity contribution in [2.45, 2.75) is 39.5 Å². The Kier molecular flexibility index (Phi) is 4.59. The Morgan fingerprint density at radius 3 is 2.53 bits per heavy atom. The van der Waals surface area contributed by atoms with Gasteiger partial charge in [-0.3, -0.25) is 4.79 Å². The van der Waals surface area contributed by atoms with Gasteiger partial charge in [0.2, 0.25) is 5.91 Å². The van der Waals surface area contributed by atoms with Gasteiger partial charge in [-0.25, -0.2) is 0 Å². The maximum atomic E-state index is 12.2. The highest BCUT2D eigenvalue weighted by Crippen LogP contribution is 2.29. The summed E-state index contributed by atoms with van der Waals surface area (Å²) in [6.07, 6.45) is 3.70. The molecule has 0 aromatic heterocycles. The van der Waals surface area contributed by atoms with E-state index < -0.39 is 0 Å². The summed E-state index contributed by atoms with van der Waals surface area (Å²) >= 11 is 0. The van der Waals surface area contributed by atoms with E-state index >= 15 is 0 Å². The fourth-order valence-corrected chi connectivity index (χ4v) is 2.80. The number of carbonyl (C=O) groups excluding carboxylic acids is 1. The molecule has 0 aliphatic heterocycles. The molecule has 1 aromatic carbocycles. The lowest BCUT2D eigenvalue weighted by atomic mass is 9.82. The molecular weight excluding hydrogens is 238 g/mol. The van der Waals surface area contributed by atoms with Gasteiger partial charge < -0.3 is 10.4 Å². The number of rotatable bonds is 3. The molecule has 1 amide bonds. The third kappa shape index (κ3) is 3.57. The first-order chi connectivity index (χ1) is 9.10. The number of hydrogen-bond acceptors (Lipinski definition) is 2. The van der Waals surface area contributed by atoms with Crippen LogP contribution in [-0.4, -0.2) is 17.6 Å². The Balaban J connectivity index is 1.94. The van der Waals surface area contributed by atoms with Crippen molar-refractivity contribution < 1.29 is 9.90 Å². The first kappa shape index (κ1) is 14.1. The molecule has 0 spiro atoms. The standard InChI is InChI=1S/C16H23NO2/c1-11-3-8-15(12(2)9-11)17-16(19)14-6-4-13(10-18)5-7-14/h3,8-9,13-14,18H,4-7,10H2,1-2H3,(H,17,19). The van der Waals surface area contributed by atoms with E-state index in [0.717, 1.165) is 36.9 Å². The van der Waals surface area contributed by atoms with E-state index in [1.54, 1.807) is 0 Å². The van der Waals surface area contributed by atoms with Crippen LogP contribution in [0.2, 0.25) is 0 Å².